The molecule has 2 N–H and O–H groups in total. The fourth-order valence-electron chi connectivity index (χ4n) is 1.98. The van der Waals surface area contributed by atoms with Crippen molar-refractivity contribution in [2.24, 2.45) is 0 Å². The van der Waals surface area contributed by atoms with Gasteiger partial charge in [0.05, 0.1) is 18.8 Å². The van der Waals surface area contributed by atoms with E-state index in [0.29, 0.717) is 17.9 Å². The second-order valence-electron chi connectivity index (χ2n) is 4.71. The van der Waals surface area contributed by atoms with E-state index in [4.69, 9.17) is 9.84 Å². The Labute approximate surface area is 104 Å². The van der Waals surface area contributed by atoms with E-state index in [9.17, 15) is 9.59 Å². The number of ether oxygens (including phenoxy) is 1. The monoisotopic (exact) mass is 252 g/mol. The van der Waals surface area contributed by atoms with Gasteiger partial charge in [0.1, 0.15) is 11.4 Å². The van der Waals surface area contributed by atoms with Gasteiger partial charge < -0.3 is 14.8 Å². The minimum Gasteiger partial charge on any atom is -0.484 e. The molecule has 1 amide bonds. The molecule has 0 bridgehead atoms. The standard InChI is InChI=1S/C12H16N2O4/c1-3-12(2)7-14(11(16)17)6-8-9(18-12)4-5-10(15)13-8/h4-5H,3,6-7H2,1-2H3,(H,13,15)(H,16,17)/t12-/m1/s1. The summed E-state index contributed by atoms with van der Waals surface area (Å²) in [6.45, 7) is 4.21. The maximum Gasteiger partial charge on any atom is 0.407 e. The van der Waals surface area contributed by atoms with E-state index in [1.807, 2.05) is 13.8 Å². The lowest BCUT2D eigenvalue weighted by atomic mass is 10.0. The summed E-state index contributed by atoms with van der Waals surface area (Å²) in [5.74, 6) is 0.544. The van der Waals surface area contributed by atoms with Crippen LogP contribution in [0.3, 0.4) is 0 Å². The van der Waals surface area contributed by atoms with E-state index in [1.165, 1.54) is 11.0 Å². The average Bonchev–Trinajstić information content (AvgIpc) is 2.46. The number of aromatic nitrogens is 1. The maximum absolute atomic E-state index is 11.3. The van der Waals surface area contributed by atoms with E-state index >= 15 is 0 Å². The van der Waals surface area contributed by atoms with Crippen molar-refractivity contribution in [1.82, 2.24) is 9.88 Å². The molecule has 98 valence electrons. The van der Waals surface area contributed by atoms with Gasteiger partial charge in [-0.15, -0.1) is 0 Å². The number of H-pyrrole nitrogens is 1. The molecule has 6 heteroatoms. The van der Waals surface area contributed by atoms with Crippen LogP contribution in [0.4, 0.5) is 4.79 Å². The van der Waals surface area contributed by atoms with Crippen LogP contribution in [0.5, 0.6) is 5.75 Å². The molecule has 18 heavy (non-hydrogen) atoms. The van der Waals surface area contributed by atoms with Crippen molar-refractivity contribution < 1.29 is 14.6 Å². The second-order valence-corrected chi connectivity index (χ2v) is 4.71. The average molecular weight is 252 g/mol. The summed E-state index contributed by atoms with van der Waals surface area (Å²) in [6.07, 6.45) is -0.342. The third kappa shape index (κ3) is 2.32. The normalized spacial score (nSPS) is 22.9. The highest BCUT2D eigenvalue weighted by Crippen LogP contribution is 2.29. The second kappa shape index (κ2) is 4.36. The largest absolute Gasteiger partial charge is 0.484 e. The van der Waals surface area contributed by atoms with Crippen LogP contribution in [0.25, 0.3) is 0 Å². The van der Waals surface area contributed by atoms with Gasteiger partial charge in [0.2, 0.25) is 5.56 Å². The first-order chi connectivity index (χ1) is 8.43. The van der Waals surface area contributed by atoms with Gasteiger partial charge in [-0.2, -0.15) is 0 Å². The fraction of sp³-hybridized carbons (Fsp3) is 0.500. The van der Waals surface area contributed by atoms with E-state index < -0.39 is 11.7 Å². The number of nitrogens with one attached hydrogen (secondary N) is 1. The van der Waals surface area contributed by atoms with Crippen molar-refractivity contribution in [3.8, 4) is 5.75 Å². The molecule has 0 spiro atoms. The Balaban J connectivity index is 2.46. The Morgan fingerprint density at radius 1 is 1.61 bits per heavy atom. The molecule has 2 heterocycles. The van der Waals surface area contributed by atoms with E-state index in [1.54, 1.807) is 6.07 Å². The number of amides is 1. The fourth-order valence-corrected chi connectivity index (χ4v) is 1.98. The molecule has 1 aliphatic heterocycles. The minimum atomic E-state index is -1.02. The lowest BCUT2D eigenvalue weighted by Crippen LogP contribution is -2.44. The van der Waals surface area contributed by atoms with Crippen molar-refractivity contribution >= 4 is 6.09 Å². The van der Waals surface area contributed by atoms with Crippen molar-refractivity contribution in [2.75, 3.05) is 6.54 Å². The first kappa shape index (κ1) is 12.5. The number of rotatable bonds is 1. The van der Waals surface area contributed by atoms with Gasteiger partial charge in [-0.25, -0.2) is 4.79 Å². The first-order valence-electron chi connectivity index (χ1n) is 5.82. The van der Waals surface area contributed by atoms with Crippen LogP contribution in [0.1, 0.15) is 26.0 Å². The molecule has 0 unspecified atom stereocenters. The zero-order valence-electron chi connectivity index (χ0n) is 10.4. The summed E-state index contributed by atoms with van der Waals surface area (Å²) in [5, 5.41) is 9.16. The first-order valence-corrected chi connectivity index (χ1v) is 5.82. The van der Waals surface area contributed by atoms with Gasteiger partial charge in [-0.1, -0.05) is 6.92 Å². The van der Waals surface area contributed by atoms with Crippen LogP contribution >= 0.6 is 0 Å². The Bertz CT molecular complexity index is 525. The number of aromatic amines is 1. The summed E-state index contributed by atoms with van der Waals surface area (Å²) in [4.78, 5) is 26.4. The highest BCUT2D eigenvalue weighted by molar-refractivity contribution is 5.65. The van der Waals surface area contributed by atoms with Crippen molar-refractivity contribution in [3.05, 3.63) is 28.2 Å². The smallest absolute Gasteiger partial charge is 0.407 e. The molecule has 0 aliphatic carbocycles. The van der Waals surface area contributed by atoms with E-state index in [2.05, 4.69) is 4.98 Å². The minimum absolute atomic E-state index is 0.135. The predicted octanol–water partition coefficient (Wildman–Crippen LogP) is 1.42. The van der Waals surface area contributed by atoms with Crippen molar-refractivity contribution in [1.29, 1.82) is 0 Å². The molecule has 1 aromatic heterocycles. The quantitative estimate of drug-likeness (QED) is 0.791. The summed E-state index contributed by atoms with van der Waals surface area (Å²) in [5.41, 5.74) is -0.341. The number of hydrogen-bond acceptors (Lipinski definition) is 3. The van der Waals surface area contributed by atoms with E-state index in [0.717, 1.165) is 0 Å². The molecule has 0 fully saturated rings. The number of hydrogen-bond donors (Lipinski definition) is 2. The Hall–Kier alpha value is -1.98. The van der Waals surface area contributed by atoms with Crippen molar-refractivity contribution in [2.45, 2.75) is 32.4 Å². The van der Waals surface area contributed by atoms with Crippen LogP contribution in [-0.4, -0.2) is 33.2 Å². The summed E-state index contributed by atoms with van der Waals surface area (Å²) < 4.78 is 5.85. The van der Waals surface area contributed by atoms with Crippen LogP contribution in [0.2, 0.25) is 0 Å². The number of carboxylic acid groups (broad SMARTS) is 1. The number of carbonyl (C=O) groups is 1. The van der Waals surface area contributed by atoms with Gasteiger partial charge in [-0.05, 0) is 19.4 Å². The molecule has 2 rings (SSSR count). The zero-order chi connectivity index (χ0) is 13.3. The molecular weight excluding hydrogens is 236 g/mol. The molecular formula is C12H16N2O4. The summed E-state index contributed by atoms with van der Waals surface area (Å²) >= 11 is 0. The summed E-state index contributed by atoms with van der Waals surface area (Å²) in [6, 6.07) is 2.97. The molecule has 0 saturated heterocycles. The van der Waals surface area contributed by atoms with Gasteiger partial charge in [0.25, 0.3) is 0 Å². The Morgan fingerprint density at radius 2 is 2.33 bits per heavy atom. The molecule has 1 aromatic rings. The lowest BCUT2D eigenvalue weighted by Gasteiger charge is -2.30. The van der Waals surface area contributed by atoms with E-state index in [-0.39, 0.29) is 18.6 Å². The van der Waals surface area contributed by atoms with Crippen LogP contribution in [0, 0.1) is 0 Å². The Kier molecular flexibility index (Phi) is 3.02. The van der Waals surface area contributed by atoms with Gasteiger partial charge >= 0.3 is 6.09 Å². The Morgan fingerprint density at radius 3 is 2.94 bits per heavy atom. The SMILES string of the molecule is CC[C@]1(C)CN(C(=O)O)Cc2[nH]c(=O)ccc2O1. The molecule has 0 aromatic carbocycles. The molecule has 6 nitrogen and oxygen atoms in total. The van der Waals surface area contributed by atoms with Gasteiger partial charge in [0.15, 0.2) is 0 Å². The number of fused-ring (bicyclic) bond motifs is 1. The van der Waals surface area contributed by atoms with Crippen LogP contribution in [-0.2, 0) is 6.54 Å². The molecule has 0 radical (unpaired) electrons. The third-order valence-electron chi connectivity index (χ3n) is 3.21. The topological polar surface area (TPSA) is 82.6 Å². The maximum atomic E-state index is 11.3. The summed E-state index contributed by atoms with van der Waals surface area (Å²) in [7, 11) is 0. The highest BCUT2D eigenvalue weighted by atomic mass is 16.5. The highest BCUT2D eigenvalue weighted by Gasteiger charge is 2.34. The predicted molar refractivity (Wildman–Crippen MR) is 64.8 cm³/mol. The van der Waals surface area contributed by atoms with Crippen LogP contribution in [0.15, 0.2) is 16.9 Å². The molecule has 1 atom stereocenters. The number of pyridine rings is 1. The zero-order valence-corrected chi connectivity index (χ0v) is 10.4. The van der Waals surface area contributed by atoms with Gasteiger partial charge in [0, 0.05) is 6.07 Å². The molecule has 1 aliphatic rings. The van der Waals surface area contributed by atoms with Gasteiger partial charge in [-0.3, -0.25) is 9.69 Å². The van der Waals surface area contributed by atoms with Crippen LogP contribution < -0.4 is 10.3 Å². The molecule has 0 saturated carbocycles. The third-order valence-corrected chi connectivity index (χ3v) is 3.21. The lowest BCUT2D eigenvalue weighted by molar-refractivity contribution is 0.0497. The van der Waals surface area contributed by atoms with Crippen molar-refractivity contribution in [3.63, 3.8) is 0 Å². The number of nitrogens with zero attached hydrogens (tertiary/aromatic N) is 1.